The number of aliphatic hydroxyl groups is 1. The summed E-state index contributed by atoms with van der Waals surface area (Å²) < 4.78 is 20.0. The largest absolute Gasteiger partial charge is 0.394 e. The maximum absolute atomic E-state index is 9.79. The molecule has 6 atom stereocenters. The number of anilines is 1. The molecule has 9 heteroatoms. The number of rotatable bonds is 3. The van der Waals surface area contributed by atoms with E-state index in [0.717, 1.165) is 36.1 Å². The van der Waals surface area contributed by atoms with Gasteiger partial charge in [-0.3, -0.25) is 0 Å². The van der Waals surface area contributed by atoms with Crippen LogP contribution in [0.5, 0.6) is 0 Å². The molecule has 0 spiro atoms. The molecule has 1 N–H and O–H groups in total. The number of ether oxygens (including phenoxy) is 3. The highest BCUT2D eigenvalue weighted by Crippen LogP contribution is 2.46. The van der Waals surface area contributed by atoms with Crippen molar-refractivity contribution in [1.82, 2.24) is 14.6 Å². The molecular weight excluding hydrogens is 408 g/mol. The van der Waals surface area contributed by atoms with Gasteiger partial charge in [0.1, 0.15) is 29.9 Å². The standard InChI is InChI=1S/C21H27ClN4O4/c1-21(2)29-17-15(10-27)28-19(18(17)30-21)20-23-7-14-13(6-16(22)24-26(14)20)25-8-11-4-3-5-12(11)9-25/h6-7,11-12,15,17-19,27H,3-5,8-10H2,1-2H3/t11?,12?,15-,17-,18-,19-/m1/s1. The van der Waals surface area contributed by atoms with Gasteiger partial charge in [0.25, 0.3) is 0 Å². The average molecular weight is 435 g/mol. The van der Waals surface area contributed by atoms with Crippen molar-refractivity contribution < 1.29 is 19.3 Å². The smallest absolute Gasteiger partial charge is 0.164 e. The quantitative estimate of drug-likeness (QED) is 0.795. The molecule has 3 aliphatic heterocycles. The van der Waals surface area contributed by atoms with E-state index in [1.807, 2.05) is 26.1 Å². The Hall–Kier alpha value is -1.45. The molecule has 1 aliphatic carbocycles. The maximum atomic E-state index is 9.79. The lowest BCUT2D eigenvalue weighted by molar-refractivity contribution is -0.192. The molecule has 1 saturated carbocycles. The van der Waals surface area contributed by atoms with Crippen molar-refractivity contribution in [3.63, 3.8) is 0 Å². The van der Waals surface area contributed by atoms with Gasteiger partial charge in [0.05, 0.1) is 18.5 Å². The van der Waals surface area contributed by atoms with Crippen molar-refractivity contribution in [3.8, 4) is 0 Å². The molecule has 4 aliphatic rings. The Morgan fingerprint density at radius 3 is 2.67 bits per heavy atom. The molecule has 2 aromatic heterocycles. The summed E-state index contributed by atoms with van der Waals surface area (Å²) in [5, 5.41) is 14.8. The van der Waals surface area contributed by atoms with Crippen LogP contribution in [0.3, 0.4) is 0 Å². The molecule has 2 aromatic rings. The van der Waals surface area contributed by atoms with E-state index in [4.69, 9.17) is 25.8 Å². The Labute approximate surface area is 180 Å². The van der Waals surface area contributed by atoms with Gasteiger partial charge in [0, 0.05) is 19.2 Å². The van der Waals surface area contributed by atoms with E-state index < -0.39 is 18.0 Å². The molecule has 0 aromatic carbocycles. The summed E-state index contributed by atoms with van der Waals surface area (Å²) >= 11 is 6.45. The Morgan fingerprint density at radius 1 is 1.20 bits per heavy atom. The van der Waals surface area contributed by atoms with Crippen molar-refractivity contribution in [2.75, 3.05) is 24.6 Å². The zero-order valence-electron chi connectivity index (χ0n) is 17.2. The van der Waals surface area contributed by atoms with Crippen LogP contribution in [-0.4, -0.2) is 63.5 Å². The fraction of sp³-hybridized carbons (Fsp3) is 0.714. The monoisotopic (exact) mass is 434 g/mol. The second-order valence-electron chi connectivity index (χ2n) is 9.46. The lowest BCUT2D eigenvalue weighted by Crippen LogP contribution is -2.31. The first-order valence-electron chi connectivity index (χ1n) is 10.8. The van der Waals surface area contributed by atoms with Crippen LogP contribution in [0.15, 0.2) is 12.3 Å². The van der Waals surface area contributed by atoms with Crippen LogP contribution < -0.4 is 4.90 Å². The van der Waals surface area contributed by atoms with E-state index in [1.165, 1.54) is 19.3 Å². The van der Waals surface area contributed by atoms with E-state index in [-0.39, 0.29) is 18.8 Å². The number of aliphatic hydroxyl groups excluding tert-OH is 1. The van der Waals surface area contributed by atoms with Crippen molar-refractivity contribution in [2.24, 2.45) is 11.8 Å². The van der Waals surface area contributed by atoms with E-state index in [2.05, 4.69) is 15.0 Å². The van der Waals surface area contributed by atoms with E-state index in [0.29, 0.717) is 11.0 Å². The van der Waals surface area contributed by atoms with Gasteiger partial charge in [-0.25, -0.2) is 9.50 Å². The minimum atomic E-state index is -0.735. The summed E-state index contributed by atoms with van der Waals surface area (Å²) in [6.07, 6.45) is 4.15. The van der Waals surface area contributed by atoms with Crippen LogP contribution in [0, 0.1) is 11.8 Å². The van der Waals surface area contributed by atoms with Gasteiger partial charge in [0.2, 0.25) is 0 Å². The van der Waals surface area contributed by atoms with E-state index in [1.54, 1.807) is 4.52 Å². The van der Waals surface area contributed by atoms with Crippen molar-refractivity contribution in [1.29, 1.82) is 0 Å². The number of hydrogen-bond donors (Lipinski definition) is 1. The number of halogens is 1. The lowest BCUT2D eigenvalue weighted by atomic mass is 10.0. The van der Waals surface area contributed by atoms with Crippen LogP contribution in [0.1, 0.15) is 45.0 Å². The third-order valence-electron chi connectivity index (χ3n) is 7.13. The van der Waals surface area contributed by atoms with Gasteiger partial charge in [-0.15, -0.1) is 0 Å². The van der Waals surface area contributed by atoms with Crippen LogP contribution in [0.4, 0.5) is 5.69 Å². The van der Waals surface area contributed by atoms with E-state index >= 15 is 0 Å². The third kappa shape index (κ3) is 2.88. The Kier molecular flexibility index (Phi) is 4.35. The highest BCUT2D eigenvalue weighted by molar-refractivity contribution is 6.29. The first kappa shape index (κ1) is 19.3. The molecular formula is C21H27ClN4O4. The number of hydrogen-bond acceptors (Lipinski definition) is 7. The molecule has 4 fully saturated rings. The summed E-state index contributed by atoms with van der Waals surface area (Å²) in [5.74, 6) is 1.44. The highest BCUT2D eigenvalue weighted by atomic mass is 35.5. The van der Waals surface area contributed by atoms with Crippen molar-refractivity contribution in [3.05, 3.63) is 23.2 Å². The number of fused-ring (bicyclic) bond motifs is 3. The SMILES string of the molecule is CC1(C)O[C@@H]2[C@H](O1)[C@@H](CO)O[C@H]2c1ncc2c(N3CC4CCCC4C3)cc(Cl)nn12. The second kappa shape index (κ2) is 6.77. The Morgan fingerprint density at radius 2 is 1.93 bits per heavy atom. The molecule has 3 saturated heterocycles. The van der Waals surface area contributed by atoms with Crippen LogP contribution >= 0.6 is 11.6 Å². The van der Waals surface area contributed by atoms with Gasteiger partial charge in [-0.1, -0.05) is 18.0 Å². The summed E-state index contributed by atoms with van der Waals surface area (Å²) in [7, 11) is 0. The van der Waals surface area contributed by atoms with Crippen LogP contribution in [0.2, 0.25) is 5.15 Å². The summed E-state index contributed by atoms with van der Waals surface area (Å²) in [4.78, 5) is 7.10. The summed E-state index contributed by atoms with van der Waals surface area (Å²) in [6, 6.07) is 1.94. The van der Waals surface area contributed by atoms with Gasteiger partial charge in [-0.2, -0.15) is 5.10 Å². The van der Waals surface area contributed by atoms with Gasteiger partial charge in [0.15, 0.2) is 16.8 Å². The molecule has 30 heavy (non-hydrogen) atoms. The normalized spacial score (nSPS) is 37.3. The van der Waals surface area contributed by atoms with Gasteiger partial charge < -0.3 is 24.2 Å². The number of imidazole rings is 1. The fourth-order valence-electron chi connectivity index (χ4n) is 5.87. The van der Waals surface area contributed by atoms with Crippen molar-refractivity contribution >= 4 is 22.8 Å². The molecule has 8 nitrogen and oxygen atoms in total. The average Bonchev–Trinajstić information content (AvgIpc) is 3.46. The molecule has 0 bridgehead atoms. The number of aromatic nitrogens is 3. The topological polar surface area (TPSA) is 81.3 Å². The zero-order chi connectivity index (χ0) is 20.6. The molecule has 0 radical (unpaired) electrons. The molecule has 5 heterocycles. The van der Waals surface area contributed by atoms with E-state index in [9.17, 15) is 5.11 Å². The third-order valence-corrected chi connectivity index (χ3v) is 7.31. The van der Waals surface area contributed by atoms with Gasteiger partial charge >= 0.3 is 0 Å². The van der Waals surface area contributed by atoms with Gasteiger partial charge in [-0.05, 0) is 38.5 Å². The second-order valence-corrected chi connectivity index (χ2v) is 9.85. The molecule has 2 unspecified atom stereocenters. The summed E-state index contributed by atoms with van der Waals surface area (Å²) in [6.45, 7) is 5.72. The number of nitrogens with zero attached hydrogens (tertiary/aromatic N) is 4. The zero-order valence-corrected chi connectivity index (χ0v) is 18.0. The highest BCUT2D eigenvalue weighted by Gasteiger charge is 2.56. The fourth-order valence-corrected chi connectivity index (χ4v) is 6.05. The van der Waals surface area contributed by atoms with Crippen LogP contribution in [-0.2, 0) is 14.2 Å². The predicted molar refractivity (Wildman–Crippen MR) is 110 cm³/mol. The first-order valence-corrected chi connectivity index (χ1v) is 11.2. The minimum absolute atomic E-state index is 0.142. The maximum Gasteiger partial charge on any atom is 0.164 e. The predicted octanol–water partition coefficient (Wildman–Crippen LogP) is 2.57. The lowest BCUT2D eigenvalue weighted by Gasteiger charge is -2.23. The molecule has 6 rings (SSSR count). The molecule has 162 valence electrons. The Balaban J connectivity index is 1.38. The summed E-state index contributed by atoms with van der Waals surface area (Å²) in [5.41, 5.74) is 1.99. The Bertz CT molecular complexity index is 969. The minimum Gasteiger partial charge on any atom is -0.394 e. The first-order chi connectivity index (χ1) is 14.4. The van der Waals surface area contributed by atoms with Crippen molar-refractivity contribution in [2.45, 2.75) is 63.3 Å². The molecule has 0 amide bonds. The van der Waals surface area contributed by atoms with Crippen LogP contribution in [0.25, 0.3) is 5.52 Å².